The van der Waals surface area contributed by atoms with E-state index in [-0.39, 0.29) is 12.1 Å². The third-order valence-electron chi connectivity index (χ3n) is 5.68. The molecule has 3 saturated heterocycles. The van der Waals surface area contributed by atoms with Gasteiger partial charge in [-0.2, -0.15) is 0 Å². The monoisotopic (exact) mass is 449 g/mol. The molecule has 0 atom stereocenters. The zero-order valence-corrected chi connectivity index (χ0v) is 19.0. The highest BCUT2D eigenvalue weighted by Gasteiger charge is 2.18. The quantitative estimate of drug-likeness (QED) is 0.525. The zero-order valence-electron chi connectivity index (χ0n) is 19.0. The number of carbonyl (C=O) groups is 1. The van der Waals surface area contributed by atoms with Crippen molar-refractivity contribution in [2.45, 2.75) is 25.7 Å². The molecular formula is C27H31NO5. The van der Waals surface area contributed by atoms with E-state index in [2.05, 4.69) is 28.9 Å². The molecule has 2 aromatic carbocycles. The Morgan fingerprint density at radius 3 is 2.06 bits per heavy atom. The van der Waals surface area contributed by atoms with Crippen molar-refractivity contribution in [1.29, 1.82) is 0 Å². The molecule has 3 aliphatic heterocycles. The molecule has 0 unspecified atom stereocenters. The Morgan fingerprint density at radius 2 is 1.45 bits per heavy atom. The first-order valence-electron chi connectivity index (χ1n) is 11.6. The molecule has 3 heterocycles. The number of morpholine rings is 1. The van der Waals surface area contributed by atoms with E-state index in [0.717, 1.165) is 57.2 Å². The average molecular weight is 450 g/mol. The molecule has 33 heavy (non-hydrogen) atoms. The van der Waals surface area contributed by atoms with Crippen molar-refractivity contribution in [2.24, 2.45) is 0 Å². The van der Waals surface area contributed by atoms with Gasteiger partial charge in [0, 0.05) is 49.5 Å². The van der Waals surface area contributed by atoms with Crippen molar-refractivity contribution < 1.29 is 23.7 Å². The van der Waals surface area contributed by atoms with Crippen LogP contribution in [0.4, 0.5) is 0 Å². The van der Waals surface area contributed by atoms with E-state index in [4.69, 9.17) is 18.9 Å². The fraction of sp³-hybridized carbons (Fsp3) is 0.444. The summed E-state index contributed by atoms with van der Waals surface area (Å²) in [5.74, 6) is 5.49. The number of ether oxygens (including phenoxy) is 4. The first kappa shape index (κ1) is 23.6. The van der Waals surface area contributed by atoms with Crippen molar-refractivity contribution in [3.05, 3.63) is 70.8 Å². The second kappa shape index (κ2) is 12.6. The summed E-state index contributed by atoms with van der Waals surface area (Å²) in [7, 11) is 0. The van der Waals surface area contributed by atoms with E-state index >= 15 is 0 Å². The molecule has 0 aromatic heterocycles. The predicted octanol–water partition coefficient (Wildman–Crippen LogP) is 3.60. The first-order chi connectivity index (χ1) is 16.3. The predicted molar refractivity (Wildman–Crippen MR) is 125 cm³/mol. The molecule has 3 fully saturated rings. The molecule has 174 valence electrons. The smallest absolute Gasteiger partial charge is 0.236 e. The summed E-state index contributed by atoms with van der Waals surface area (Å²) < 4.78 is 21.2. The van der Waals surface area contributed by atoms with Gasteiger partial charge in [-0.1, -0.05) is 30.2 Å². The Kier molecular flexibility index (Phi) is 9.05. The van der Waals surface area contributed by atoms with Crippen LogP contribution in [0.25, 0.3) is 0 Å². The van der Waals surface area contributed by atoms with Crippen LogP contribution < -0.4 is 0 Å². The van der Waals surface area contributed by atoms with Crippen molar-refractivity contribution >= 4 is 5.78 Å². The molecule has 6 heteroatoms. The Labute approximate surface area is 195 Å². The molecule has 5 rings (SSSR count). The van der Waals surface area contributed by atoms with Gasteiger partial charge in [0.1, 0.15) is 0 Å². The minimum absolute atomic E-state index is 0.197. The highest BCUT2D eigenvalue weighted by molar-refractivity contribution is 6.09. The van der Waals surface area contributed by atoms with Crippen LogP contribution in [0.15, 0.2) is 48.5 Å². The van der Waals surface area contributed by atoms with Gasteiger partial charge in [-0.3, -0.25) is 9.69 Å². The largest absolute Gasteiger partial charge is 0.381 e. The Balaban J connectivity index is 0.000000459. The Bertz CT molecular complexity index is 922. The second-order valence-corrected chi connectivity index (χ2v) is 8.18. The molecule has 6 nitrogen and oxygen atoms in total. The lowest BCUT2D eigenvalue weighted by molar-refractivity contribution is -0.0441. The van der Waals surface area contributed by atoms with Crippen LogP contribution >= 0.6 is 0 Å². The van der Waals surface area contributed by atoms with Crippen molar-refractivity contribution in [2.75, 3.05) is 52.7 Å². The van der Waals surface area contributed by atoms with E-state index in [1.54, 1.807) is 12.1 Å². The van der Waals surface area contributed by atoms with Crippen LogP contribution in [0.2, 0.25) is 0 Å². The maximum absolute atomic E-state index is 12.3. The Morgan fingerprint density at radius 1 is 0.818 bits per heavy atom. The van der Waals surface area contributed by atoms with Crippen LogP contribution in [0.3, 0.4) is 0 Å². The minimum Gasteiger partial charge on any atom is -0.381 e. The maximum Gasteiger partial charge on any atom is 0.236 e. The molecule has 0 radical (unpaired) electrons. The van der Waals surface area contributed by atoms with Gasteiger partial charge < -0.3 is 18.9 Å². The summed E-state index contributed by atoms with van der Waals surface area (Å²) in [6.45, 7) is 7.64. The lowest BCUT2D eigenvalue weighted by Crippen LogP contribution is -2.35. The van der Waals surface area contributed by atoms with Crippen molar-refractivity contribution in [3.63, 3.8) is 0 Å². The summed E-state index contributed by atoms with van der Waals surface area (Å²) >= 11 is 0. The summed E-state index contributed by atoms with van der Waals surface area (Å²) in [6, 6.07) is 15.3. The molecule has 0 N–H and O–H groups in total. The van der Waals surface area contributed by atoms with Gasteiger partial charge >= 0.3 is 0 Å². The summed E-state index contributed by atoms with van der Waals surface area (Å²) in [6.07, 6.45) is 2.23. The van der Waals surface area contributed by atoms with Gasteiger partial charge in [0.25, 0.3) is 0 Å². The minimum atomic E-state index is -0.328. The summed E-state index contributed by atoms with van der Waals surface area (Å²) in [5, 5.41) is 0. The van der Waals surface area contributed by atoms with E-state index in [9.17, 15) is 4.79 Å². The van der Waals surface area contributed by atoms with E-state index in [0.29, 0.717) is 18.8 Å². The van der Waals surface area contributed by atoms with E-state index in [1.807, 2.05) is 24.3 Å². The molecule has 0 bridgehead atoms. The lowest BCUT2D eigenvalue weighted by Gasteiger charge is -2.26. The van der Waals surface area contributed by atoms with Crippen LogP contribution in [0.1, 0.15) is 46.2 Å². The van der Waals surface area contributed by atoms with Gasteiger partial charge in [0.2, 0.25) is 5.78 Å². The molecule has 2 aromatic rings. The molecule has 0 spiro atoms. The van der Waals surface area contributed by atoms with Gasteiger partial charge in [-0.15, -0.1) is 0 Å². The standard InChI is InChI=1S/C23H23NO4.C4H8O/c25-22(20-6-8-21(9-7-20)23-27-15-16-28-23)10-5-18-1-3-19(4-2-18)17-24-11-13-26-14-12-24;1-2-4-5-3-1/h1-4,6-9,23H,11-17H2;1-4H2. The highest BCUT2D eigenvalue weighted by Crippen LogP contribution is 2.23. The van der Waals surface area contributed by atoms with Crippen molar-refractivity contribution in [3.8, 4) is 11.8 Å². The Hall–Kier alpha value is -2.53. The van der Waals surface area contributed by atoms with Crippen molar-refractivity contribution in [1.82, 2.24) is 4.90 Å². The molecule has 3 aliphatic rings. The number of hydrogen-bond acceptors (Lipinski definition) is 6. The lowest BCUT2D eigenvalue weighted by atomic mass is 10.1. The third kappa shape index (κ3) is 7.50. The number of benzene rings is 2. The summed E-state index contributed by atoms with van der Waals surface area (Å²) in [5.41, 5.74) is 3.56. The fourth-order valence-corrected chi connectivity index (χ4v) is 3.76. The second-order valence-electron chi connectivity index (χ2n) is 8.18. The van der Waals surface area contributed by atoms with Crippen LogP contribution in [0.5, 0.6) is 0 Å². The normalized spacial score (nSPS) is 18.8. The van der Waals surface area contributed by atoms with Crippen LogP contribution in [-0.4, -0.2) is 63.4 Å². The summed E-state index contributed by atoms with van der Waals surface area (Å²) in [4.78, 5) is 14.7. The molecule has 0 aliphatic carbocycles. The van der Waals surface area contributed by atoms with Gasteiger partial charge in [0.15, 0.2) is 6.29 Å². The van der Waals surface area contributed by atoms with Crippen LogP contribution in [0, 0.1) is 11.8 Å². The van der Waals surface area contributed by atoms with Gasteiger partial charge in [-0.25, -0.2) is 0 Å². The van der Waals surface area contributed by atoms with Gasteiger partial charge in [-0.05, 0) is 48.6 Å². The first-order valence-corrected chi connectivity index (χ1v) is 11.6. The third-order valence-corrected chi connectivity index (χ3v) is 5.68. The number of hydrogen-bond donors (Lipinski definition) is 0. The average Bonchev–Trinajstić information content (AvgIpc) is 3.62. The number of carbonyl (C=O) groups excluding carboxylic acids is 1. The molecular weight excluding hydrogens is 418 g/mol. The topological polar surface area (TPSA) is 57.2 Å². The zero-order chi connectivity index (χ0) is 22.7. The SMILES string of the molecule is C1CCOC1.O=C(C#Cc1ccc(CN2CCOCC2)cc1)c1ccc(C2OCCO2)cc1. The number of rotatable bonds is 4. The number of Topliss-reactive ketones (excluding diaryl/α,β-unsaturated/α-hetero) is 1. The highest BCUT2D eigenvalue weighted by atomic mass is 16.7. The molecule has 0 saturated carbocycles. The van der Waals surface area contributed by atoms with E-state index in [1.165, 1.54) is 18.4 Å². The molecule has 0 amide bonds. The number of nitrogens with zero attached hydrogens (tertiary/aromatic N) is 1. The number of ketones is 1. The van der Waals surface area contributed by atoms with E-state index < -0.39 is 0 Å². The maximum atomic E-state index is 12.3. The van der Waals surface area contributed by atoms with Crippen LogP contribution in [-0.2, 0) is 25.5 Å². The fourth-order valence-electron chi connectivity index (χ4n) is 3.76. The van der Waals surface area contributed by atoms with Gasteiger partial charge in [0.05, 0.1) is 26.4 Å².